The maximum atomic E-state index is 13.4. The summed E-state index contributed by atoms with van der Waals surface area (Å²) in [6, 6.07) is 4.68. The summed E-state index contributed by atoms with van der Waals surface area (Å²) >= 11 is 0. The van der Waals surface area contributed by atoms with Gasteiger partial charge in [0.2, 0.25) is 0 Å². The third-order valence-corrected chi connectivity index (χ3v) is 2.19. The molecule has 1 atom stereocenters. The van der Waals surface area contributed by atoms with E-state index in [0.29, 0.717) is 17.6 Å². The standard InChI is InChI=1S/C11H11FO2/c1-7(13)6-9-8-4-5-14-11(8)3-2-10(9)12/h2-5,7,13H,6H2,1H3. The van der Waals surface area contributed by atoms with E-state index in [2.05, 4.69) is 0 Å². The molecular formula is C11H11FO2. The summed E-state index contributed by atoms with van der Waals surface area (Å²) in [5, 5.41) is 9.97. The van der Waals surface area contributed by atoms with E-state index in [1.165, 1.54) is 12.3 Å². The van der Waals surface area contributed by atoms with Gasteiger partial charge >= 0.3 is 0 Å². The second-order valence-corrected chi connectivity index (χ2v) is 3.41. The summed E-state index contributed by atoms with van der Waals surface area (Å²) in [6.07, 6.45) is 1.28. The van der Waals surface area contributed by atoms with Gasteiger partial charge in [-0.2, -0.15) is 0 Å². The highest BCUT2D eigenvalue weighted by atomic mass is 19.1. The van der Waals surface area contributed by atoms with Crippen LogP contribution in [0.2, 0.25) is 0 Å². The number of halogens is 1. The molecule has 2 aromatic rings. The molecule has 0 saturated heterocycles. The zero-order valence-electron chi connectivity index (χ0n) is 7.83. The Labute approximate surface area is 81.0 Å². The average Bonchev–Trinajstić information content (AvgIpc) is 2.57. The van der Waals surface area contributed by atoms with Crippen molar-refractivity contribution in [2.45, 2.75) is 19.4 Å². The smallest absolute Gasteiger partial charge is 0.134 e. The summed E-state index contributed by atoms with van der Waals surface area (Å²) < 4.78 is 18.6. The Bertz CT molecular complexity index is 445. The van der Waals surface area contributed by atoms with Crippen LogP contribution in [-0.4, -0.2) is 11.2 Å². The number of rotatable bonds is 2. The lowest BCUT2D eigenvalue weighted by molar-refractivity contribution is 0.194. The second kappa shape index (κ2) is 3.42. The van der Waals surface area contributed by atoms with Gasteiger partial charge in [-0.05, 0) is 25.1 Å². The minimum Gasteiger partial charge on any atom is -0.464 e. The normalized spacial score (nSPS) is 13.4. The maximum Gasteiger partial charge on any atom is 0.134 e. The van der Waals surface area contributed by atoms with Gasteiger partial charge in [-0.3, -0.25) is 0 Å². The molecule has 0 bridgehead atoms. The molecule has 0 aliphatic heterocycles. The number of fused-ring (bicyclic) bond motifs is 1. The van der Waals surface area contributed by atoms with E-state index < -0.39 is 6.10 Å². The number of furan rings is 1. The highest BCUT2D eigenvalue weighted by Gasteiger charge is 2.11. The van der Waals surface area contributed by atoms with Crippen molar-refractivity contribution in [1.82, 2.24) is 0 Å². The Balaban J connectivity index is 2.58. The molecule has 74 valence electrons. The number of hydrogen-bond donors (Lipinski definition) is 1. The van der Waals surface area contributed by atoms with Crippen LogP contribution in [0.4, 0.5) is 4.39 Å². The van der Waals surface area contributed by atoms with Crippen molar-refractivity contribution in [3.63, 3.8) is 0 Å². The van der Waals surface area contributed by atoms with Gasteiger partial charge in [-0.15, -0.1) is 0 Å². The lowest BCUT2D eigenvalue weighted by Gasteiger charge is -2.06. The van der Waals surface area contributed by atoms with Crippen LogP contribution < -0.4 is 0 Å². The molecule has 1 N–H and O–H groups in total. The summed E-state index contributed by atoms with van der Waals surface area (Å²) in [7, 11) is 0. The molecule has 0 radical (unpaired) electrons. The fourth-order valence-corrected chi connectivity index (χ4v) is 1.58. The number of aliphatic hydroxyl groups excluding tert-OH is 1. The zero-order valence-corrected chi connectivity index (χ0v) is 7.83. The summed E-state index contributed by atoms with van der Waals surface area (Å²) in [6.45, 7) is 1.64. The van der Waals surface area contributed by atoms with E-state index in [-0.39, 0.29) is 5.82 Å². The van der Waals surface area contributed by atoms with Crippen molar-refractivity contribution in [2.75, 3.05) is 0 Å². The van der Waals surface area contributed by atoms with Crippen molar-refractivity contribution >= 4 is 11.0 Å². The van der Waals surface area contributed by atoms with Gasteiger partial charge < -0.3 is 9.52 Å². The van der Waals surface area contributed by atoms with Gasteiger partial charge in [0.1, 0.15) is 11.4 Å². The molecule has 2 rings (SSSR count). The molecule has 1 aromatic heterocycles. The minimum atomic E-state index is -0.551. The molecule has 0 spiro atoms. The van der Waals surface area contributed by atoms with Crippen molar-refractivity contribution < 1.29 is 13.9 Å². The highest BCUT2D eigenvalue weighted by molar-refractivity contribution is 5.81. The van der Waals surface area contributed by atoms with Crippen molar-refractivity contribution in [3.8, 4) is 0 Å². The molecule has 1 unspecified atom stereocenters. The molecule has 14 heavy (non-hydrogen) atoms. The van der Waals surface area contributed by atoms with Gasteiger partial charge in [0.05, 0.1) is 12.4 Å². The zero-order chi connectivity index (χ0) is 10.1. The lowest BCUT2D eigenvalue weighted by Crippen LogP contribution is -2.06. The van der Waals surface area contributed by atoms with Crippen LogP contribution in [0.1, 0.15) is 12.5 Å². The third-order valence-electron chi connectivity index (χ3n) is 2.19. The van der Waals surface area contributed by atoms with E-state index in [0.717, 1.165) is 5.39 Å². The van der Waals surface area contributed by atoms with Crippen molar-refractivity contribution in [3.05, 3.63) is 35.8 Å². The van der Waals surface area contributed by atoms with E-state index >= 15 is 0 Å². The topological polar surface area (TPSA) is 33.4 Å². The third kappa shape index (κ3) is 1.51. The fourth-order valence-electron chi connectivity index (χ4n) is 1.58. The first-order chi connectivity index (χ1) is 6.68. The molecule has 0 aliphatic rings. The van der Waals surface area contributed by atoms with E-state index in [9.17, 15) is 9.50 Å². The highest BCUT2D eigenvalue weighted by Crippen LogP contribution is 2.23. The molecule has 3 heteroatoms. The Hall–Kier alpha value is -1.35. The van der Waals surface area contributed by atoms with Gasteiger partial charge in [0, 0.05) is 17.4 Å². The Morgan fingerprint density at radius 3 is 2.93 bits per heavy atom. The van der Waals surface area contributed by atoms with Gasteiger partial charge in [0.15, 0.2) is 0 Å². The van der Waals surface area contributed by atoms with Gasteiger partial charge in [-0.1, -0.05) is 0 Å². The molecule has 1 aromatic carbocycles. The van der Waals surface area contributed by atoms with Crippen molar-refractivity contribution in [1.29, 1.82) is 0 Å². The SMILES string of the molecule is CC(O)Cc1c(F)ccc2occc12. The molecular weight excluding hydrogens is 183 g/mol. The minimum absolute atomic E-state index is 0.292. The van der Waals surface area contributed by atoms with Crippen LogP contribution in [0.3, 0.4) is 0 Å². The van der Waals surface area contributed by atoms with Gasteiger partial charge in [-0.25, -0.2) is 4.39 Å². The average molecular weight is 194 g/mol. The van der Waals surface area contributed by atoms with Crippen molar-refractivity contribution in [2.24, 2.45) is 0 Å². The second-order valence-electron chi connectivity index (χ2n) is 3.41. The van der Waals surface area contributed by atoms with E-state index in [1.807, 2.05) is 0 Å². The molecule has 0 saturated carbocycles. The quantitative estimate of drug-likeness (QED) is 0.796. The summed E-state index contributed by atoms with van der Waals surface area (Å²) in [5.41, 5.74) is 1.17. The van der Waals surface area contributed by atoms with Crippen LogP contribution in [0.15, 0.2) is 28.9 Å². The molecule has 1 heterocycles. The first-order valence-corrected chi connectivity index (χ1v) is 4.51. The Kier molecular flexibility index (Phi) is 2.25. The molecule has 0 aliphatic carbocycles. The first kappa shape index (κ1) is 9.21. The van der Waals surface area contributed by atoms with E-state index in [4.69, 9.17) is 4.42 Å². The summed E-state index contributed by atoms with van der Waals surface area (Å²) in [5.74, 6) is -0.292. The van der Waals surface area contributed by atoms with Crippen LogP contribution in [0.5, 0.6) is 0 Å². The van der Waals surface area contributed by atoms with Crippen LogP contribution in [0, 0.1) is 5.82 Å². The van der Waals surface area contributed by atoms with Crippen LogP contribution >= 0.6 is 0 Å². The van der Waals surface area contributed by atoms with Crippen LogP contribution in [0.25, 0.3) is 11.0 Å². The monoisotopic (exact) mass is 194 g/mol. The predicted molar refractivity (Wildman–Crippen MR) is 51.6 cm³/mol. The summed E-state index contributed by atoms with van der Waals surface area (Å²) in [4.78, 5) is 0. The largest absolute Gasteiger partial charge is 0.464 e. The fraction of sp³-hybridized carbons (Fsp3) is 0.273. The van der Waals surface area contributed by atoms with E-state index in [1.54, 1.807) is 19.1 Å². The first-order valence-electron chi connectivity index (χ1n) is 4.51. The molecule has 2 nitrogen and oxygen atoms in total. The van der Waals surface area contributed by atoms with Gasteiger partial charge in [0.25, 0.3) is 0 Å². The predicted octanol–water partition coefficient (Wildman–Crippen LogP) is 2.50. The molecule has 0 amide bonds. The number of hydrogen-bond acceptors (Lipinski definition) is 2. The maximum absolute atomic E-state index is 13.4. The van der Waals surface area contributed by atoms with Crippen LogP contribution in [-0.2, 0) is 6.42 Å². The number of aliphatic hydroxyl groups is 1. The number of benzene rings is 1. The Morgan fingerprint density at radius 2 is 2.21 bits per heavy atom. The molecule has 0 fully saturated rings. The Morgan fingerprint density at radius 1 is 1.43 bits per heavy atom. The lowest BCUT2D eigenvalue weighted by atomic mass is 10.0.